The van der Waals surface area contributed by atoms with Gasteiger partial charge in [-0.1, -0.05) is 12.1 Å². The average Bonchev–Trinajstić information content (AvgIpc) is 2.91. The summed E-state index contributed by atoms with van der Waals surface area (Å²) in [5, 5.41) is 0. The van der Waals surface area contributed by atoms with Crippen LogP contribution in [0.2, 0.25) is 0 Å². The summed E-state index contributed by atoms with van der Waals surface area (Å²) in [6, 6.07) is 7.43. The van der Waals surface area contributed by atoms with Crippen LogP contribution in [0.1, 0.15) is 18.4 Å². The lowest BCUT2D eigenvalue weighted by atomic mass is 10.2. The van der Waals surface area contributed by atoms with Crippen LogP contribution in [-0.4, -0.2) is 6.04 Å². The highest BCUT2D eigenvalue weighted by atomic mass is 19.1. The topological polar surface area (TPSA) is 4.44 Å². The number of nitrogens with one attached hydrogen (secondary N) is 1. The highest BCUT2D eigenvalue weighted by Gasteiger charge is 2.26. The molecule has 1 saturated carbocycles. The molecule has 1 aliphatic rings. The lowest BCUT2D eigenvalue weighted by Gasteiger charge is -2.20. The van der Waals surface area contributed by atoms with Crippen LogP contribution in [0.25, 0.3) is 0 Å². The van der Waals surface area contributed by atoms with E-state index in [0.29, 0.717) is 0 Å². The summed E-state index contributed by atoms with van der Waals surface area (Å²) >= 11 is 0. The molecule has 0 bridgehead atoms. The molecule has 0 spiro atoms. The van der Waals surface area contributed by atoms with Crippen molar-refractivity contribution in [3.05, 3.63) is 42.7 Å². The zero-order valence-corrected chi connectivity index (χ0v) is 7.59. The molecule has 1 N–H and O–H groups in total. The smallest absolute Gasteiger partial charge is 0.123 e. The van der Waals surface area contributed by atoms with Crippen molar-refractivity contribution in [2.45, 2.75) is 25.4 Å². The van der Waals surface area contributed by atoms with Crippen molar-refractivity contribution in [3.8, 4) is 0 Å². The van der Waals surface area contributed by atoms with Gasteiger partial charge in [0.05, 0.1) is 12.6 Å². The van der Waals surface area contributed by atoms with Crippen LogP contribution >= 0.6 is 0 Å². The van der Waals surface area contributed by atoms with Crippen LogP contribution in [0.4, 0.5) is 4.39 Å². The molecule has 1 unspecified atom stereocenters. The van der Waals surface area contributed by atoms with E-state index in [1.54, 1.807) is 0 Å². The lowest BCUT2D eigenvalue weighted by molar-refractivity contribution is -0.879. The van der Waals surface area contributed by atoms with Gasteiger partial charge in [0.15, 0.2) is 0 Å². The molecule has 1 aromatic carbocycles. The largest absolute Gasteiger partial charge is 0.462 e. The molecular formula is C11H14FN. The molecule has 13 heavy (non-hydrogen) atoms. The summed E-state index contributed by atoms with van der Waals surface area (Å²) in [5.74, 6) is -0.166. The van der Waals surface area contributed by atoms with Gasteiger partial charge in [-0.3, -0.25) is 0 Å². The van der Waals surface area contributed by atoms with E-state index in [9.17, 15) is 4.39 Å². The fourth-order valence-corrected chi connectivity index (χ4v) is 1.50. The Bertz CT molecular complexity index is 277. The third-order valence-electron chi connectivity index (χ3n) is 2.50. The van der Waals surface area contributed by atoms with Gasteiger partial charge in [-0.2, -0.15) is 7.05 Å². The summed E-state index contributed by atoms with van der Waals surface area (Å²) in [5.41, 5.74) is 1.17. The van der Waals surface area contributed by atoms with Crippen molar-refractivity contribution in [1.29, 1.82) is 0 Å². The first kappa shape index (κ1) is 8.70. The van der Waals surface area contributed by atoms with Gasteiger partial charge in [0.2, 0.25) is 0 Å². The van der Waals surface area contributed by atoms with Crippen LogP contribution in [0.5, 0.6) is 0 Å². The van der Waals surface area contributed by atoms with Crippen molar-refractivity contribution >= 4 is 0 Å². The van der Waals surface area contributed by atoms with Crippen molar-refractivity contribution in [2.75, 3.05) is 0 Å². The monoisotopic (exact) mass is 179 g/mol. The van der Waals surface area contributed by atoms with E-state index in [-0.39, 0.29) is 5.82 Å². The average molecular weight is 179 g/mol. The van der Waals surface area contributed by atoms with Crippen molar-refractivity contribution < 1.29 is 9.29 Å². The molecule has 1 atom stereocenters. The van der Waals surface area contributed by atoms with Crippen LogP contribution in [-0.2, 0) is 6.54 Å². The van der Waals surface area contributed by atoms with Gasteiger partial charge < -0.3 is 4.90 Å². The Balaban J connectivity index is 1.96. The predicted octanol–water partition coefficient (Wildman–Crippen LogP) is 1.16. The highest BCUT2D eigenvalue weighted by molar-refractivity contribution is 5.14. The molecule has 2 heteroatoms. The third kappa shape index (κ3) is 2.28. The van der Waals surface area contributed by atoms with Gasteiger partial charge in [-0.25, -0.2) is 4.39 Å². The van der Waals surface area contributed by atoms with Crippen LogP contribution in [0.3, 0.4) is 0 Å². The fourth-order valence-electron chi connectivity index (χ4n) is 1.50. The molecule has 0 amide bonds. The fraction of sp³-hybridized carbons (Fsp3) is 0.364. The molecule has 1 aromatic rings. The van der Waals surface area contributed by atoms with Gasteiger partial charge in [0.25, 0.3) is 0 Å². The lowest BCUT2D eigenvalue weighted by Crippen LogP contribution is -3.06. The van der Waals surface area contributed by atoms with Crippen molar-refractivity contribution in [3.63, 3.8) is 0 Å². The Morgan fingerprint density at radius 3 is 2.46 bits per heavy atom. The molecule has 0 saturated heterocycles. The van der Waals surface area contributed by atoms with Crippen LogP contribution in [0.15, 0.2) is 24.3 Å². The van der Waals surface area contributed by atoms with E-state index in [1.165, 1.54) is 35.4 Å². The standard InChI is InChI=1S/C11H14FN/c1-13(11-6-7-11)8-9-2-4-10(12)5-3-9/h2-5,11,13H,1,6-8H2. The van der Waals surface area contributed by atoms with E-state index in [1.807, 2.05) is 12.1 Å². The molecule has 70 valence electrons. The molecule has 1 nitrogen and oxygen atoms in total. The van der Waals surface area contributed by atoms with E-state index in [2.05, 4.69) is 7.05 Å². The summed E-state index contributed by atoms with van der Waals surface area (Å²) < 4.78 is 12.6. The van der Waals surface area contributed by atoms with Crippen molar-refractivity contribution in [2.24, 2.45) is 0 Å². The molecular weight excluding hydrogens is 165 g/mol. The predicted molar refractivity (Wildman–Crippen MR) is 49.4 cm³/mol. The quantitative estimate of drug-likeness (QED) is 0.664. The minimum absolute atomic E-state index is 0.166. The maximum absolute atomic E-state index is 12.6. The zero-order valence-electron chi connectivity index (χ0n) is 7.59. The molecule has 0 heterocycles. The van der Waals surface area contributed by atoms with Crippen molar-refractivity contribution in [1.82, 2.24) is 0 Å². The first-order chi connectivity index (χ1) is 6.25. The second kappa shape index (κ2) is 3.46. The van der Waals surface area contributed by atoms with E-state index < -0.39 is 0 Å². The zero-order chi connectivity index (χ0) is 9.26. The number of halogens is 1. The molecule has 0 aromatic heterocycles. The number of hydrogen-bond donors (Lipinski definition) is 1. The Morgan fingerprint density at radius 2 is 1.92 bits per heavy atom. The summed E-state index contributed by atoms with van der Waals surface area (Å²) in [6.45, 7) is 0.908. The molecule has 1 aliphatic carbocycles. The Labute approximate surface area is 78.2 Å². The Morgan fingerprint density at radius 1 is 1.31 bits per heavy atom. The maximum atomic E-state index is 12.6. The van der Waals surface area contributed by atoms with E-state index in [0.717, 1.165) is 12.6 Å². The minimum Gasteiger partial charge on any atom is -0.462 e. The maximum Gasteiger partial charge on any atom is 0.123 e. The SMILES string of the molecule is [CH2-][NH+](Cc1ccc(F)cc1)C1CC1. The van der Waals surface area contributed by atoms with E-state index >= 15 is 0 Å². The van der Waals surface area contributed by atoms with E-state index in [4.69, 9.17) is 0 Å². The summed E-state index contributed by atoms with van der Waals surface area (Å²) in [4.78, 5) is 1.30. The molecule has 0 radical (unpaired) electrons. The third-order valence-corrected chi connectivity index (χ3v) is 2.50. The van der Waals surface area contributed by atoms with Crippen LogP contribution < -0.4 is 4.90 Å². The van der Waals surface area contributed by atoms with Gasteiger partial charge in [0, 0.05) is 18.4 Å². The van der Waals surface area contributed by atoms with Gasteiger partial charge in [-0.15, -0.1) is 0 Å². The minimum atomic E-state index is -0.166. The Kier molecular flexibility index (Phi) is 2.32. The molecule has 1 fully saturated rings. The van der Waals surface area contributed by atoms with Gasteiger partial charge in [0.1, 0.15) is 5.82 Å². The Hall–Kier alpha value is -0.890. The second-order valence-electron chi connectivity index (χ2n) is 3.74. The first-order valence-electron chi connectivity index (χ1n) is 4.68. The van der Waals surface area contributed by atoms with Gasteiger partial charge >= 0.3 is 0 Å². The van der Waals surface area contributed by atoms with Crippen LogP contribution in [0, 0.1) is 12.9 Å². The summed E-state index contributed by atoms with van der Waals surface area (Å²) in [6.07, 6.45) is 2.58. The normalized spacial score (nSPS) is 18.6. The summed E-state index contributed by atoms with van der Waals surface area (Å²) in [7, 11) is 4.04. The number of benzene rings is 1. The first-order valence-corrected chi connectivity index (χ1v) is 4.68. The number of hydrogen-bond acceptors (Lipinski definition) is 0. The van der Waals surface area contributed by atoms with Gasteiger partial charge in [-0.05, 0) is 12.1 Å². The highest BCUT2D eigenvalue weighted by Crippen LogP contribution is 2.15. The molecule has 0 aliphatic heterocycles. The number of rotatable bonds is 3. The molecule has 2 rings (SSSR count). The second-order valence-corrected chi connectivity index (χ2v) is 3.74. The number of quaternary nitrogens is 1.